The Morgan fingerprint density at radius 2 is 1.80 bits per heavy atom. The van der Waals surface area contributed by atoms with Gasteiger partial charge in [0.2, 0.25) is 0 Å². The number of carbonyl (C=O) groups is 3. The van der Waals surface area contributed by atoms with Crippen molar-refractivity contribution in [3.8, 4) is 23.7 Å². The van der Waals surface area contributed by atoms with Crippen LogP contribution in [0.1, 0.15) is 84.5 Å². The van der Waals surface area contributed by atoms with Crippen molar-refractivity contribution in [3.05, 3.63) is 129 Å². The van der Waals surface area contributed by atoms with Crippen LogP contribution in [0.15, 0.2) is 72.0 Å². The fourth-order valence-corrected chi connectivity index (χ4v) is 6.67. The zero-order valence-electron chi connectivity index (χ0n) is 27.4. The zero-order valence-corrected chi connectivity index (χ0v) is 28.2. The van der Waals surface area contributed by atoms with Crippen LogP contribution in [-0.2, 0) is 24.2 Å². The van der Waals surface area contributed by atoms with E-state index in [4.69, 9.17) is 22.8 Å². The Labute approximate surface area is 297 Å². The first kappa shape index (κ1) is 33.4. The van der Waals surface area contributed by atoms with Gasteiger partial charge in [-0.3, -0.25) is 18.9 Å². The van der Waals surface area contributed by atoms with Crippen LogP contribution in [0.25, 0.3) is 11.4 Å². The Morgan fingerprint density at radius 1 is 1.00 bits per heavy atom. The van der Waals surface area contributed by atoms with Gasteiger partial charge in [-0.25, -0.2) is 23.9 Å². The molecule has 1 amide bonds. The molecule has 5 aromatic rings. The molecule has 0 unspecified atom stereocenters. The standard InChI is InChI=1S/C38H30ClFN6O5/c1-3-22-12-14-29-25(17-22)33(24-9-6-7-10-27(24)40)41-19-30-34(37(48)49)43-32(46(29)30)11-5-4-8-16-51-38(50)35-31-20-44(2)36(47)26-18-23(39)13-15-28(26)45(31)21-42-35/h1,6-7,9-10,12-15,17-18,21H,4-5,8,11,16,19-20H2,2H3,(H,48,49). The van der Waals surface area contributed by atoms with Crippen LogP contribution in [-0.4, -0.2) is 66.3 Å². The second-order valence-corrected chi connectivity index (χ2v) is 12.6. The summed E-state index contributed by atoms with van der Waals surface area (Å²) < 4.78 is 24.1. The predicted molar refractivity (Wildman–Crippen MR) is 186 cm³/mol. The number of hydrogen-bond acceptors (Lipinski definition) is 7. The maximum atomic E-state index is 15.0. The molecular weight excluding hydrogens is 675 g/mol. The van der Waals surface area contributed by atoms with Gasteiger partial charge in [-0.05, 0) is 67.8 Å². The van der Waals surface area contributed by atoms with Crippen molar-refractivity contribution in [3.63, 3.8) is 0 Å². The number of rotatable bonds is 9. The van der Waals surface area contributed by atoms with Crippen molar-refractivity contribution in [1.29, 1.82) is 0 Å². The van der Waals surface area contributed by atoms with Crippen molar-refractivity contribution < 1.29 is 28.6 Å². The number of unbranched alkanes of at least 4 members (excludes halogenated alkanes) is 2. The predicted octanol–water partition coefficient (Wildman–Crippen LogP) is 6.04. The summed E-state index contributed by atoms with van der Waals surface area (Å²) in [5, 5.41) is 10.5. The van der Waals surface area contributed by atoms with E-state index in [0.717, 1.165) is 0 Å². The van der Waals surface area contributed by atoms with E-state index < -0.39 is 17.8 Å². The topological polar surface area (TPSA) is 132 Å². The molecule has 1 N–H and O–H groups in total. The van der Waals surface area contributed by atoms with E-state index in [-0.39, 0.29) is 42.6 Å². The first-order valence-corrected chi connectivity index (χ1v) is 16.6. The van der Waals surface area contributed by atoms with Gasteiger partial charge in [-0.1, -0.05) is 29.7 Å². The van der Waals surface area contributed by atoms with Crippen molar-refractivity contribution >= 4 is 35.2 Å². The lowest BCUT2D eigenvalue weighted by molar-refractivity contribution is 0.0487. The number of carboxylic acids is 1. The molecule has 0 fully saturated rings. The van der Waals surface area contributed by atoms with Crippen LogP contribution in [0.3, 0.4) is 0 Å². The lowest BCUT2D eigenvalue weighted by Crippen LogP contribution is -2.26. The number of esters is 1. The fraction of sp³-hybridized carbons (Fsp3) is 0.211. The van der Waals surface area contributed by atoms with Gasteiger partial charge in [-0.2, -0.15) is 0 Å². The number of halogens is 2. The molecule has 13 heteroatoms. The van der Waals surface area contributed by atoms with Gasteiger partial charge in [0.05, 0.1) is 53.7 Å². The lowest BCUT2D eigenvalue weighted by Gasteiger charge is -2.15. The number of terminal acetylenes is 1. The van der Waals surface area contributed by atoms with Crippen LogP contribution in [0.4, 0.5) is 4.39 Å². The van der Waals surface area contributed by atoms with E-state index in [1.807, 2.05) is 0 Å². The number of fused-ring (bicyclic) bond motifs is 6. The maximum Gasteiger partial charge on any atom is 0.358 e. The highest BCUT2D eigenvalue weighted by molar-refractivity contribution is 6.31. The molecule has 2 aliphatic heterocycles. The van der Waals surface area contributed by atoms with Crippen molar-refractivity contribution in [2.75, 3.05) is 13.7 Å². The summed E-state index contributed by atoms with van der Waals surface area (Å²) in [4.78, 5) is 53.4. The van der Waals surface area contributed by atoms with E-state index >= 15 is 4.39 Å². The number of aromatic nitrogens is 4. The number of amides is 1. The lowest BCUT2D eigenvalue weighted by atomic mass is 9.98. The summed E-state index contributed by atoms with van der Waals surface area (Å²) in [6.45, 7) is 0.252. The quantitative estimate of drug-likeness (QED) is 0.113. The highest BCUT2D eigenvalue weighted by Crippen LogP contribution is 2.31. The Hall–Kier alpha value is -6.06. The molecule has 0 atom stereocenters. The van der Waals surface area contributed by atoms with E-state index in [9.17, 15) is 19.5 Å². The first-order valence-electron chi connectivity index (χ1n) is 16.2. The molecule has 2 aromatic heterocycles. The minimum Gasteiger partial charge on any atom is -0.476 e. The molecule has 0 radical (unpaired) electrons. The maximum absolute atomic E-state index is 15.0. The molecule has 0 saturated carbocycles. The Morgan fingerprint density at radius 3 is 2.59 bits per heavy atom. The molecule has 3 aromatic carbocycles. The van der Waals surface area contributed by atoms with E-state index in [1.54, 1.807) is 70.8 Å². The molecule has 4 heterocycles. The molecule has 51 heavy (non-hydrogen) atoms. The number of nitrogens with zero attached hydrogens (tertiary/aromatic N) is 6. The third-order valence-electron chi connectivity index (χ3n) is 8.94. The average Bonchev–Trinajstić information content (AvgIpc) is 3.63. The van der Waals surface area contributed by atoms with Crippen molar-refractivity contribution in [2.45, 2.75) is 38.8 Å². The number of carboxylic acid groups (broad SMARTS) is 1. The van der Waals surface area contributed by atoms with Crippen LogP contribution in [0.2, 0.25) is 5.02 Å². The van der Waals surface area contributed by atoms with Crippen LogP contribution in [0, 0.1) is 18.2 Å². The van der Waals surface area contributed by atoms with Gasteiger partial charge in [0.1, 0.15) is 18.0 Å². The van der Waals surface area contributed by atoms with Gasteiger partial charge in [-0.15, -0.1) is 6.42 Å². The third kappa shape index (κ3) is 6.17. The van der Waals surface area contributed by atoms with Crippen LogP contribution in [0.5, 0.6) is 0 Å². The van der Waals surface area contributed by atoms with Crippen molar-refractivity contribution in [2.24, 2.45) is 4.99 Å². The highest BCUT2D eigenvalue weighted by atomic mass is 35.5. The SMILES string of the molecule is C#Cc1ccc2c(c1)C(c1ccccc1F)=NCc1c(C(=O)O)nc(CCCCCOC(=O)c3ncn4c3CN(C)C(=O)c3cc(Cl)ccc3-4)n1-2. The second kappa shape index (κ2) is 13.7. The summed E-state index contributed by atoms with van der Waals surface area (Å²) in [6.07, 6.45) is 9.41. The second-order valence-electron chi connectivity index (χ2n) is 12.2. The molecule has 0 bridgehead atoms. The summed E-state index contributed by atoms with van der Waals surface area (Å²) in [6, 6.07) is 16.5. The van der Waals surface area contributed by atoms with E-state index in [1.165, 1.54) is 17.3 Å². The van der Waals surface area contributed by atoms with Crippen LogP contribution < -0.4 is 0 Å². The molecule has 256 valence electrons. The monoisotopic (exact) mass is 704 g/mol. The number of aromatic carboxylic acids is 1. The molecule has 11 nitrogen and oxygen atoms in total. The minimum absolute atomic E-state index is 0.0324. The van der Waals surface area contributed by atoms with Gasteiger partial charge in [0.15, 0.2) is 11.4 Å². The summed E-state index contributed by atoms with van der Waals surface area (Å²) in [5.41, 5.74) is 4.28. The number of aryl methyl sites for hydroxylation is 1. The number of ether oxygens (including phenoxy) is 1. The Kier molecular flexibility index (Phi) is 8.97. The van der Waals surface area contributed by atoms with Crippen molar-refractivity contribution in [1.82, 2.24) is 24.0 Å². The van der Waals surface area contributed by atoms with Gasteiger partial charge in [0.25, 0.3) is 5.91 Å². The summed E-state index contributed by atoms with van der Waals surface area (Å²) >= 11 is 6.15. The molecular formula is C38H30ClFN6O5. The average molecular weight is 705 g/mol. The highest BCUT2D eigenvalue weighted by Gasteiger charge is 2.30. The van der Waals surface area contributed by atoms with Crippen LogP contribution >= 0.6 is 11.6 Å². The van der Waals surface area contributed by atoms with E-state index in [2.05, 4.69) is 20.9 Å². The number of imidazole rings is 2. The third-order valence-corrected chi connectivity index (χ3v) is 9.17. The number of hydrogen-bond donors (Lipinski definition) is 1. The Bertz CT molecular complexity index is 2320. The normalized spacial score (nSPS) is 13.2. The molecule has 0 saturated heterocycles. The fourth-order valence-electron chi connectivity index (χ4n) is 6.50. The molecule has 2 aliphatic rings. The van der Waals surface area contributed by atoms with Gasteiger partial charge >= 0.3 is 11.9 Å². The van der Waals surface area contributed by atoms with Gasteiger partial charge < -0.3 is 14.7 Å². The number of aliphatic imine (C=N–C) groups is 1. The Balaban J connectivity index is 1.06. The largest absolute Gasteiger partial charge is 0.476 e. The smallest absolute Gasteiger partial charge is 0.358 e. The number of carbonyl (C=O) groups excluding carboxylic acids is 2. The first-order chi connectivity index (χ1) is 24.7. The minimum atomic E-state index is -1.19. The molecule has 0 aliphatic carbocycles. The molecule has 7 rings (SSSR count). The zero-order chi connectivity index (χ0) is 35.8. The number of benzene rings is 3. The summed E-state index contributed by atoms with van der Waals surface area (Å²) in [7, 11) is 1.64. The van der Waals surface area contributed by atoms with Gasteiger partial charge in [0, 0.05) is 35.2 Å². The molecule has 0 spiro atoms. The van der Waals surface area contributed by atoms with E-state index in [0.29, 0.717) is 81.7 Å². The summed E-state index contributed by atoms with van der Waals surface area (Å²) in [5.74, 6) is 0.659.